The van der Waals surface area contributed by atoms with Crippen molar-refractivity contribution in [3.63, 3.8) is 0 Å². The molecule has 0 fully saturated rings. The summed E-state index contributed by atoms with van der Waals surface area (Å²) in [5.41, 5.74) is -0.151. The number of para-hydroxylation sites is 1. The first-order valence-corrected chi connectivity index (χ1v) is 16.4. The average molecular weight is 655 g/mol. The molecule has 262 valence electrons. The van der Waals surface area contributed by atoms with Crippen LogP contribution in [0, 0.1) is 11.3 Å². The summed E-state index contributed by atoms with van der Waals surface area (Å²) in [4.78, 5) is 57.8. The lowest BCUT2D eigenvalue weighted by Gasteiger charge is -2.42. The number of esters is 1. The highest BCUT2D eigenvalue weighted by atomic mass is 16.6. The summed E-state index contributed by atoms with van der Waals surface area (Å²) in [6.07, 6.45) is 3.07. The molecular weight excluding hydrogens is 596 g/mol. The normalized spacial score (nSPS) is 14.8. The van der Waals surface area contributed by atoms with Crippen molar-refractivity contribution in [1.82, 2.24) is 19.7 Å². The Kier molecular flexibility index (Phi) is 12.5. The van der Waals surface area contributed by atoms with Crippen LogP contribution in [0.3, 0.4) is 0 Å². The van der Waals surface area contributed by atoms with Gasteiger partial charge in [-0.3, -0.25) is 14.5 Å². The monoisotopic (exact) mass is 654 g/mol. The Balaban J connectivity index is 2.64. The number of rotatable bonds is 11. The van der Waals surface area contributed by atoms with Crippen LogP contribution < -0.4 is 5.32 Å². The number of fused-ring (bicyclic) bond motifs is 1. The second kappa shape index (κ2) is 14.9. The van der Waals surface area contributed by atoms with Crippen molar-refractivity contribution in [2.24, 2.45) is 18.4 Å². The number of hydrogen-bond donors (Lipinski definition) is 1. The fourth-order valence-electron chi connectivity index (χ4n) is 5.97. The molecule has 0 saturated carbocycles. The summed E-state index contributed by atoms with van der Waals surface area (Å²) in [5.74, 6) is -1.29. The number of benzene rings is 1. The Morgan fingerprint density at radius 3 is 2.04 bits per heavy atom. The van der Waals surface area contributed by atoms with Crippen LogP contribution in [0.15, 0.2) is 42.1 Å². The van der Waals surface area contributed by atoms with Crippen LogP contribution >= 0.6 is 0 Å². The number of likely N-dealkylation sites (N-methyl/N-ethyl adjacent to an activating group) is 2. The quantitative estimate of drug-likeness (QED) is 0.228. The number of amides is 3. The molecule has 0 aliphatic rings. The number of hydrogen-bond acceptors (Lipinski definition) is 6. The van der Waals surface area contributed by atoms with Crippen molar-refractivity contribution in [1.29, 1.82) is 0 Å². The van der Waals surface area contributed by atoms with Gasteiger partial charge in [0.05, 0.1) is 12.6 Å². The summed E-state index contributed by atoms with van der Waals surface area (Å²) in [5, 5.41) is 4.02. The largest absolute Gasteiger partial charge is 0.463 e. The van der Waals surface area contributed by atoms with Crippen molar-refractivity contribution >= 4 is 34.8 Å². The number of aryl methyl sites for hydroxylation is 1. The van der Waals surface area contributed by atoms with E-state index in [-0.39, 0.29) is 18.4 Å². The minimum absolute atomic E-state index is 0.0407. The molecule has 2 aromatic rings. The van der Waals surface area contributed by atoms with Crippen LogP contribution in [0.4, 0.5) is 4.79 Å². The van der Waals surface area contributed by atoms with E-state index in [9.17, 15) is 19.2 Å². The Hall–Kier alpha value is -3.82. The molecule has 10 nitrogen and oxygen atoms in total. The first kappa shape index (κ1) is 39.4. The van der Waals surface area contributed by atoms with Gasteiger partial charge in [0.15, 0.2) is 0 Å². The van der Waals surface area contributed by atoms with Crippen molar-refractivity contribution in [3.8, 4) is 0 Å². The minimum atomic E-state index is -1.06. The maximum Gasteiger partial charge on any atom is 0.410 e. The molecule has 0 unspecified atom stereocenters. The number of nitrogens with zero attached hydrogens (tertiary/aromatic N) is 3. The van der Waals surface area contributed by atoms with Crippen LogP contribution in [0.25, 0.3) is 10.9 Å². The SMILES string of the molecule is CCOC(=O)/C(C)=C/[C@@H](C(C)C)N(C)C(=O)[C@@H](NC(=O)[C@@H](N(C)C(=O)OC(C)(C)C)C(C)(C)c1cn(C)c2ccccc12)C(C)(C)C. The molecule has 1 N–H and O–H groups in total. The third kappa shape index (κ3) is 9.39. The number of carbonyl (C=O) groups is 4. The zero-order valence-corrected chi connectivity index (χ0v) is 31.3. The van der Waals surface area contributed by atoms with Crippen molar-refractivity contribution in [2.75, 3.05) is 20.7 Å². The van der Waals surface area contributed by atoms with Crippen LogP contribution in [0.2, 0.25) is 0 Å². The molecule has 0 spiro atoms. The van der Waals surface area contributed by atoms with Gasteiger partial charge in [-0.2, -0.15) is 0 Å². The first-order valence-electron chi connectivity index (χ1n) is 16.4. The van der Waals surface area contributed by atoms with Gasteiger partial charge in [0.2, 0.25) is 11.8 Å². The maximum absolute atomic E-state index is 14.6. The van der Waals surface area contributed by atoms with E-state index in [0.717, 1.165) is 16.5 Å². The summed E-state index contributed by atoms with van der Waals surface area (Å²) < 4.78 is 12.9. The zero-order chi connectivity index (χ0) is 36.2. The van der Waals surface area contributed by atoms with Crippen LogP contribution in [-0.4, -0.2) is 82.7 Å². The van der Waals surface area contributed by atoms with Crippen molar-refractivity contribution in [3.05, 3.63) is 47.7 Å². The van der Waals surface area contributed by atoms with E-state index in [0.29, 0.717) is 5.57 Å². The van der Waals surface area contributed by atoms with E-state index in [1.54, 1.807) is 59.7 Å². The van der Waals surface area contributed by atoms with Gasteiger partial charge >= 0.3 is 12.1 Å². The molecule has 0 aliphatic carbocycles. The van der Waals surface area contributed by atoms with Gasteiger partial charge in [-0.05, 0) is 57.6 Å². The molecule has 0 aliphatic heterocycles. The predicted molar refractivity (Wildman–Crippen MR) is 187 cm³/mol. The first-order chi connectivity index (χ1) is 21.4. The molecule has 1 aromatic carbocycles. The van der Waals surface area contributed by atoms with E-state index < -0.39 is 52.5 Å². The highest BCUT2D eigenvalue weighted by Gasteiger charge is 2.46. The molecule has 0 radical (unpaired) electrons. The Labute approximate surface area is 281 Å². The van der Waals surface area contributed by atoms with Crippen molar-refractivity contribution in [2.45, 2.75) is 112 Å². The smallest absolute Gasteiger partial charge is 0.410 e. The lowest BCUT2D eigenvalue weighted by molar-refractivity contribution is -0.142. The van der Waals surface area contributed by atoms with Gasteiger partial charge in [-0.25, -0.2) is 9.59 Å². The molecule has 3 atom stereocenters. The van der Waals surface area contributed by atoms with Gasteiger partial charge in [-0.1, -0.05) is 72.7 Å². The van der Waals surface area contributed by atoms with Gasteiger partial charge < -0.3 is 24.3 Å². The minimum Gasteiger partial charge on any atom is -0.463 e. The lowest BCUT2D eigenvalue weighted by atomic mass is 9.76. The molecule has 3 amide bonds. The Morgan fingerprint density at radius 1 is 0.957 bits per heavy atom. The third-order valence-electron chi connectivity index (χ3n) is 8.49. The summed E-state index contributed by atoms with van der Waals surface area (Å²) in [6, 6.07) is 5.45. The molecule has 1 heterocycles. The zero-order valence-electron chi connectivity index (χ0n) is 31.3. The predicted octanol–water partition coefficient (Wildman–Crippen LogP) is 6.21. The van der Waals surface area contributed by atoms with Gasteiger partial charge in [0.1, 0.15) is 17.7 Å². The molecule has 0 bridgehead atoms. The second-order valence-corrected chi connectivity index (χ2v) is 15.4. The van der Waals surface area contributed by atoms with Gasteiger partial charge in [-0.15, -0.1) is 0 Å². The highest BCUT2D eigenvalue weighted by molar-refractivity contribution is 5.94. The molecule has 0 saturated heterocycles. The number of carbonyl (C=O) groups excluding carboxylic acids is 4. The fraction of sp³-hybridized carbons (Fsp3) is 0.622. The Morgan fingerprint density at radius 2 is 1.53 bits per heavy atom. The topological polar surface area (TPSA) is 110 Å². The molecule has 1 aromatic heterocycles. The van der Waals surface area contributed by atoms with E-state index in [1.807, 2.05) is 90.5 Å². The summed E-state index contributed by atoms with van der Waals surface area (Å²) in [7, 11) is 5.18. The van der Waals surface area contributed by atoms with Crippen LogP contribution in [0.5, 0.6) is 0 Å². The van der Waals surface area contributed by atoms with E-state index >= 15 is 0 Å². The van der Waals surface area contributed by atoms with Crippen LogP contribution in [0.1, 0.15) is 88.6 Å². The lowest BCUT2D eigenvalue weighted by Crippen LogP contribution is -2.63. The number of aromatic nitrogens is 1. The number of nitrogens with one attached hydrogen (secondary N) is 1. The second-order valence-electron chi connectivity index (χ2n) is 15.4. The van der Waals surface area contributed by atoms with Crippen molar-refractivity contribution < 1.29 is 28.7 Å². The van der Waals surface area contributed by atoms with Crippen LogP contribution in [-0.2, 0) is 36.3 Å². The van der Waals surface area contributed by atoms with E-state index in [4.69, 9.17) is 9.47 Å². The number of ether oxygens (including phenoxy) is 2. The van der Waals surface area contributed by atoms with Gasteiger partial charge in [0.25, 0.3) is 0 Å². The maximum atomic E-state index is 14.6. The average Bonchev–Trinajstić information content (AvgIpc) is 3.29. The standard InChI is InChI=1S/C37H58N4O6/c1-16-46-33(44)24(4)21-28(23(2)3)40(14)32(43)29(35(5,6)7)38-31(42)30(41(15)34(45)47-36(8,9)10)37(11,12)26-22-39(13)27-20-18-17-19-25(26)27/h17-23,28-30H,16H2,1-15H3,(H,38,42)/b24-21+/t28-,29+,30+/m0/s1. The van der Waals surface area contributed by atoms with E-state index in [1.165, 1.54) is 4.90 Å². The fourth-order valence-corrected chi connectivity index (χ4v) is 5.97. The summed E-state index contributed by atoms with van der Waals surface area (Å²) >= 11 is 0. The molecule has 10 heteroatoms. The Bertz CT molecular complexity index is 1470. The molecular formula is C37H58N4O6. The summed E-state index contributed by atoms with van der Waals surface area (Å²) in [6.45, 7) is 22.4. The highest BCUT2D eigenvalue weighted by Crippen LogP contribution is 2.37. The van der Waals surface area contributed by atoms with E-state index in [2.05, 4.69) is 5.32 Å². The van der Waals surface area contributed by atoms with Gasteiger partial charge in [0, 0.05) is 49.2 Å². The third-order valence-corrected chi connectivity index (χ3v) is 8.49. The molecule has 47 heavy (non-hydrogen) atoms. The molecule has 2 rings (SSSR count).